The highest BCUT2D eigenvalue weighted by Crippen LogP contribution is 2.37. The summed E-state index contributed by atoms with van der Waals surface area (Å²) in [5.41, 5.74) is 0.907. The Kier molecular flexibility index (Phi) is 6.20. The van der Waals surface area contributed by atoms with Crippen molar-refractivity contribution in [3.8, 4) is 11.5 Å². The number of aromatic nitrogens is 2. The number of fused-ring (bicyclic) bond motifs is 1. The summed E-state index contributed by atoms with van der Waals surface area (Å²) in [5, 5.41) is 7.10. The van der Waals surface area contributed by atoms with Crippen LogP contribution in [0.4, 0.5) is 15.9 Å². The van der Waals surface area contributed by atoms with Crippen molar-refractivity contribution in [2.75, 3.05) is 19.5 Å². The van der Waals surface area contributed by atoms with E-state index in [-0.39, 0.29) is 16.8 Å². The summed E-state index contributed by atoms with van der Waals surface area (Å²) in [4.78, 5) is 8.63. The summed E-state index contributed by atoms with van der Waals surface area (Å²) in [6, 6.07) is 8.99. The molecule has 0 atom stereocenters. The average Bonchev–Trinajstić information content (AvgIpc) is 2.77. The molecular weight excluding hydrogens is 407 g/mol. The van der Waals surface area contributed by atoms with Crippen molar-refractivity contribution < 1.29 is 13.9 Å². The third kappa shape index (κ3) is 4.27. The molecule has 2 N–H and O–H groups in total. The smallest absolute Gasteiger partial charge is 0.165 e. The molecule has 3 aromatic rings. The lowest BCUT2D eigenvalue weighted by Crippen LogP contribution is -2.34. The average molecular weight is 431 g/mol. The maximum absolute atomic E-state index is 14.4. The second-order valence-corrected chi connectivity index (χ2v) is 7.76. The van der Waals surface area contributed by atoms with E-state index < -0.39 is 5.82 Å². The fourth-order valence-electron chi connectivity index (χ4n) is 3.79. The van der Waals surface area contributed by atoms with Gasteiger partial charge in [-0.2, -0.15) is 0 Å². The molecule has 0 spiro atoms. The number of ether oxygens (including phenoxy) is 2. The Hall–Kier alpha value is -2.64. The highest BCUT2D eigenvalue weighted by atomic mass is 35.5. The molecule has 1 aromatic heterocycles. The van der Waals surface area contributed by atoms with E-state index in [1.54, 1.807) is 19.2 Å². The highest BCUT2D eigenvalue weighted by molar-refractivity contribution is 6.31. The van der Waals surface area contributed by atoms with Crippen LogP contribution in [0.1, 0.15) is 25.7 Å². The minimum Gasteiger partial charge on any atom is -0.493 e. The molecular formula is C22H24ClFN4O2. The molecule has 8 heteroatoms. The minimum atomic E-state index is -0.530. The van der Waals surface area contributed by atoms with Gasteiger partial charge in [0.2, 0.25) is 0 Å². The van der Waals surface area contributed by atoms with E-state index in [1.165, 1.54) is 12.4 Å². The fraction of sp³-hybridized carbons (Fsp3) is 0.364. The van der Waals surface area contributed by atoms with Gasteiger partial charge in [-0.05, 0) is 50.9 Å². The van der Waals surface area contributed by atoms with Gasteiger partial charge in [-0.25, -0.2) is 14.4 Å². The Bertz CT molecular complexity index is 1040. The summed E-state index contributed by atoms with van der Waals surface area (Å²) in [6.45, 7) is 0. The fourth-order valence-corrected chi connectivity index (χ4v) is 3.97. The van der Waals surface area contributed by atoms with E-state index in [4.69, 9.17) is 21.1 Å². The Morgan fingerprint density at radius 1 is 1.10 bits per heavy atom. The van der Waals surface area contributed by atoms with E-state index in [9.17, 15) is 4.39 Å². The first-order valence-electron chi connectivity index (χ1n) is 9.96. The summed E-state index contributed by atoms with van der Waals surface area (Å²) >= 11 is 5.90. The number of methoxy groups -OCH3 is 1. The van der Waals surface area contributed by atoms with Crippen molar-refractivity contribution in [2.24, 2.45) is 0 Å². The van der Waals surface area contributed by atoms with E-state index in [0.29, 0.717) is 34.3 Å². The number of halogens is 2. The Balaban J connectivity index is 1.66. The van der Waals surface area contributed by atoms with Gasteiger partial charge in [0.15, 0.2) is 17.3 Å². The molecule has 0 radical (unpaired) electrons. The first-order chi connectivity index (χ1) is 14.6. The van der Waals surface area contributed by atoms with Crippen LogP contribution >= 0.6 is 11.6 Å². The molecule has 1 aliphatic carbocycles. The number of benzene rings is 2. The summed E-state index contributed by atoms with van der Waals surface area (Å²) in [5.74, 6) is 1.17. The van der Waals surface area contributed by atoms with E-state index in [0.717, 1.165) is 25.7 Å². The van der Waals surface area contributed by atoms with Crippen LogP contribution in [-0.4, -0.2) is 36.3 Å². The third-order valence-electron chi connectivity index (χ3n) is 5.50. The van der Waals surface area contributed by atoms with Crippen molar-refractivity contribution in [3.05, 3.63) is 47.5 Å². The van der Waals surface area contributed by atoms with Crippen molar-refractivity contribution >= 4 is 34.0 Å². The van der Waals surface area contributed by atoms with E-state index in [1.807, 2.05) is 19.2 Å². The topological polar surface area (TPSA) is 68.3 Å². The molecule has 0 saturated heterocycles. The van der Waals surface area contributed by atoms with Gasteiger partial charge < -0.3 is 20.1 Å². The molecule has 158 valence electrons. The van der Waals surface area contributed by atoms with Gasteiger partial charge in [0.05, 0.1) is 29.4 Å². The predicted octanol–water partition coefficient (Wildman–Crippen LogP) is 5.08. The monoisotopic (exact) mass is 430 g/mol. The quantitative estimate of drug-likeness (QED) is 0.568. The molecule has 6 nitrogen and oxygen atoms in total. The molecule has 1 heterocycles. The van der Waals surface area contributed by atoms with Gasteiger partial charge in [0.25, 0.3) is 0 Å². The standard InChI is InChI=1S/C22H24ClFN4O2/c1-25-13-6-8-14(9-7-13)30-20-10-15-18(11-19(20)29-2)26-12-27-22(15)28-17-5-3-4-16(23)21(17)24/h3-5,10-14,25H,6-9H2,1-2H3,(H,26,27,28)/t13-,14+. The van der Waals surface area contributed by atoms with Crippen LogP contribution in [-0.2, 0) is 0 Å². The van der Waals surface area contributed by atoms with E-state index >= 15 is 0 Å². The molecule has 0 bridgehead atoms. The van der Waals surface area contributed by atoms with Crippen molar-refractivity contribution in [1.29, 1.82) is 0 Å². The van der Waals surface area contributed by atoms with Gasteiger partial charge in [-0.15, -0.1) is 0 Å². The van der Waals surface area contributed by atoms with Gasteiger partial charge in [-0.1, -0.05) is 17.7 Å². The molecule has 0 aliphatic heterocycles. The normalized spacial score (nSPS) is 18.9. The third-order valence-corrected chi connectivity index (χ3v) is 5.79. The zero-order valence-corrected chi connectivity index (χ0v) is 17.7. The second kappa shape index (κ2) is 9.02. The Morgan fingerprint density at radius 3 is 2.63 bits per heavy atom. The maximum atomic E-state index is 14.4. The van der Waals surface area contributed by atoms with Gasteiger partial charge in [0.1, 0.15) is 12.1 Å². The van der Waals surface area contributed by atoms with Crippen LogP contribution in [0.15, 0.2) is 36.7 Å². The van der Waals surface area contributed by atoms with Gasteiger partial charge >= 0.3 is 0 Å². The zero-order chi connectivity index (χ0) is 21.1. The SMILES string of the molecule is CN[C@H]1CC[C@@H](Oc2cc3c(Nc4cccc(Cl)c4F)ncnc3cc2OC)CC1. The Labute approximate surface area is 179 Å². The minimum absolute atomic E-state index is 0.0428. The number of anilines is 2. The van der Waals surface area contributed by atoms with Crippen LogP contribution < -0.4 is 20.1 Å². The predicted molar refractivity (Wildman–Crippen MR) is 117 cm³/mol. The maximum Gasteiger partial charge on any atom is 0.165 e. The summed E-state index contributed by atoms with van der Waals surface area (Å²) in [6.07, 6.45) is 5.62. The molecule has 1 fully saturated rings. The van der Waals surface area contributed by atoms with Crippen LogP contribution in [0.2, 0.25) is 5.02 Å². The van der Waals surface area contributed by atoms with Gasteiger partial charge in [-0.3, -0.25) is 0 Å². The molecule has 4 rings (SSSR count). The molecule has 1 aliphatic rings. The van der Waals surface area contributed by atoms with Crippen molar-refractivity contribution in [1.82, 2.24) is 15.3 Å². The number of hydrogen-bond donors (Lipinski definition) is 2. The highest BCUT2D eigenvalue weighted by Gasteiger charge is 2.23. The second-order valence-electron chi connectivity index (χ2n) is 7.35. The first kappa shape index (κ1) is 20.6. The van der Waals surface area contributed by atoms with Crippen LogP contribution in [0.5, 0.6) is 11.5 Å². The van der Waals surface area contributed by atoms with Crippen molar-refractivity contribution in [2.45, 2.75) is 37.8 Å². The lowest BCUT2D eigenvalue weighted by atomic mass is 9.93. The molecule has 30 heavy (non-hydrogen) atoms. The lowest BCUT2D eigenvalue weighted by molar-refractivity contribution is 0.137. The first-order valence-corrected chi connectivity index (χ1v) is 10.3. The number of hydrogen-bond acceptors (Lipinski definition) is 6. The zero-order valence-electron chi connectivity index (χ0n) is 16.9. The van der Waals surface area contributed by atoms with Crippen LogP contribution in [0.25, 0.3) is 10.9 Å². The summed E-state index contributed by atoms with van der Waals surface area (Å²) in [7, 11) is 3.60. The summed E-state index contributed by atoms with van der Waals surface area (Å²) < 4.78 is 26.2. The van der Waals surface area contributed by atoms with Crippen LogP contribution in [0, 0.1) is 5.82 Å². The van der Waals surface area contributed by atoms with Crippen molar-refractivity contribution in [3.63, 3.8) is 0 Å². The number of nitrogens with one attached hydrogen (secondary N) is 2. The number of rotatable bonds is 6. The molecule has 1 saturated carbocycles. The molecule has 0 unspecified atom stereocenters. The Morgan fingerprint density at radius 2 is 1.90 bits per heavy atom. The van der Waals surface area contributed by atoms with Gasteiger partial charge in [0, 0.05) is 17.5 Å². The number of nitrogens with zero attached hydrogens (tertiary/aromatic N) is 2. The largest absolute Gasteiger partial charge is 0.493 e. The van der Waals surface area contributed by atoms with E-state index in [2.05, 4.69) is 20.6 Å². The van der Waals surface area contributed by atoms with Crippen LogP contribution in [0.3, 0.4) is 0 Å². The molecule has 2 aromatic carbocycles. The lowest BCUT2D eigenvalue weighted by Gasteiger charge is -2.29. The molecule has 0 amide bonds.